The molecule has 0 atom stereocenters. The molecule has 0 fully saturated rings. The molecule has 0 spiro atoms. The van der Waals surface area contributed by atoms with Crippen LogP contribution in [0.1, 0.15) is 45.4 Å². The van der Waals surface area contributed by atoms with E-state index in [1.807, 2.05) is 12.3 Å². The summed E-state index contributed by atoms with van der Waals surface area (Å²) in [4.78, 5) is 18.1. The van der Waals surface area contributed by atoms with Crippen LogP contribution in [0.3, 0.4) is 0 Å². The number of nitrogens with zero attached hydrogens (tertiary/aromatic N) is 2. The molecule has 1 amide bonds. The molecule has 0 bridgehead atoms. The van der Waals surface area contributed by atoms with E-state index in [9.17, 15) is 4.79 Å². The molecule has 4 nitrogen and oxygen atoms in total. The number of aromatic nitrogens is 1. The Kier molecular flexibility index (Phi) is 7.83. The zero-order chi connectivity index (χ0) is 17.2. The highest BCUT2D eigenvalue weighted by atomic mass is 35.5. The fourth-order valence-corrected chi connectivity index (χ4v) is 2.89. The van der Waals surface area contributed by atoms with E-state index in [2.05, 4.69) is 40.5 Å². The summed E-state index contributed by atoms with van der Waals surface area (Å²) in [5.41, 5.74) is 2.16. The monoisotopic (exact) mass is 347 g/mol. The van der Waals surface area contributed by atoms with Crippen LogP contribution in [0.5, 0.6) is 0 Å². The lowest BCUT2D eigenvalue weighted by molar-refractivity contribution is -0.121. The zero-order valence-electron chi connectivity index (χ0n) is 14.3. The molecule has 1 aliphatic rings. The summed E-state index contributed by atoms with van der Waals surface area (Å²) in [6, 6.07) is 4.00. The van der Waals surface area contributed by atoms with Crippen molar-refractivity contribution in [2.45, 2.75) is 45.4 Å². The van der Waals surface area contributed by atoms with Gasteiger partial charge in [-0.05, 0) is 49.8 Å². The van der Waals surface area contributed by atoms with E-state index < -0.39 is 0 Å². The predicted molar refractivity (Wildman–Crippen MR) is 100.0 cm³/mol. The fraction of sp³-hybridized carbons (Fsp3) is 0.474. The number of carbonyl (C=O) groups excluding carboxylic acids is 1. The van der Waals surface area contributed by atoms with Crippen LogP contribution in [0.2, 0.25) is 0 Å². The van der Waals surface area contributed by atoms with Crippen LogP contribution in [-0.4, -0.2) is 24.0 Å². The molecule has 1 N–H and O–H groups in total. The summed E-state index contributed by atoms with van der Waals surface area (Å²) in [6.07, 6.45) is 13.0. The van der Waals surface area contributed by atoms with Crippen molar-refractivity contribution in [2.75, 3.05) is 18.0 Å². The van der Waals surface area contributed by atoms with Gasteiger partial charge < -0.3 is 10.2 Å². The minimum absolute atomic E-state index is 0.118. The summed E-state index contributed by atoms with van der Waals surface area (Å²) in [6.45, 7) is 3.74. The van der Waals surface area contributed by atoms with E-state index in [0.717, 1.165) is 61.5 Å². The van der Waals surface area contributed by atoms with Crippen LogP contribution in [-0.2, 0) is 4.79 Å². The second kappa shape index (κ2) is 10.1. The number of anilines is 1. The van der Waals surface area contributed by atoms with Crippen LogP contribution >= 0.6 is 11.6 Å². The van der Waals surface area contributed by atoms with E-state index in [1.165, 1.54) is 0 Å². The number of hydrogen-bond acceptors (Lipinski definition) is 3. The van der Waals surface area contributed by atoms with E-state index in [-0.39, 0.29) is 5.91 Å². The van der Waals surface area contributed by atoms with Crippen molar-refractivity contribution in [3.05, 3.63) is 47.4 Å². The molecule has 0 saturated heterocycles. The second-order valence-electron chi connectivity index (χ2n) is 5.96. The maximum absolute atomic E-state index is 11.7. The van der Waals surface area contributed by atoms with Gasteiger partial charge in [-0.3, -0.25) is 9.78 Å². The van der Waals surface area contributed by atoms with Gasteiger partial charge in [0.25, 0.3) is 0 Å². The third-order valence-electron chi connectivity index (χ3n) is 3.94. The molecule has 0 unspecified atom stereocenters. The highest BCUT2D eigenvalue weighted by Crippen LogP contribution is 2.26. The molecular formula is C19H26ClN3O. The lowest BCUT2D eigenvalue weighted by Gasteiger charge is -2.23. The lowest BCUT2D eigenvalue weighted by atomic mass is 10.1. The summed E-state index contributed by atoms with van der Waals surface area (Å²) in [7, 11) is 0. The summed E-state index contributed by atoms with van der Waals surface area (Å²) >= 11 is 6.46. The number of pyridine rings is 1. The number of hydrogen-bond donors (Lipinski definition) is 1. The Morgan fingerprint density at radius 3 is 3.08 bits per heavy atom. The van der Waals surface area contributed by atoms with Crippen LogP contribution < -0.4 is 10.2 Å². The first-order valence-corrected chi connectivity index (χ1v) is 9.08. The molecular weight excluding hydrogens is 322 g/mol. The Balaban J connectivity index is 2.01. The molecule has 1 aromatic rings. The van der Waals surface area contributed by atoms with Crippen molar-refractivity contribution in [3.8, 4) is 0 Å². The minimum atomic E-state index is 0.118. The molecule has 1 aromatic heterocycles. The van der Waals surface area contributed by atoms with Crippen molar-refractivity contribution in [1.29, 1.82) is 0 Å². The maximum atomic E-state index is 11.7. The number of amides is 1. The van der Waals surface area contributed by atoms with Gasteiger partial charge in [0.2, 0.25) is 5.91 Å². The molecule has 0 radical (unpaired) electrons. The van der Waals surface area contributed by atoms with E-state index in [4.69, 9.17) is 11.6 Å². The summed E-state index contributed by atoms with van der Waals surface area (Å²) in [5.74, 6) is 0.118. The Labute approximate surface area is 149 Å². The molecule has 2 rings (SSSR count). The highest BCUT2D eigenvalue weighted by Gasteiger charge is 2.12. The first-order chi connectivity index (χ1) is 11.7. The Bertz CT molecular complexity index is 584. The molecule has 0 aromatic carbocycles. The quantitative estimate of drug-likeness (QED) is 0.795. The number of carbonyl (C=O) groups is 1. The van der Waals surface area contributed by atoms with Gasteiger partial charge in [-0.1, -0.05) is 24.6 Å². The van der Waals surface area contributed by atoms with Gasteiger partial charge in [-0.15, -0.1) is 0 Å². The van der Waals surface area contributed by atoms with Crippen LogP contribution in [0.15, 0.2) is 47.4 Å². The molecule has 2 heterocycles. The van der Waals surface area contributed by atoms with Gasteiger partial charge in [0.1, 0.15) is 0 Å². The van der Waals surface area contributed by atoms with Gasteiger partial charge in [0, 0.05) is 36.9 Å². The zero-order valence-corrected chi connectivity index (χ0v) is 15.1. The lowest BCUT2D eigenvalue weighted by Crippen LogP contribution is -2.23. The third-order valence-corrected chi connectivity index (χ3v) is 4.34. The Morgan fingerprint density at radius 1 is 1.46 bits per heavy atom. The van der Waals surface area contributed by atoms with Gasteiger partial charge >= 0.3 is 0 Å². The van der Waals surface area contributed by atoms with E-state index in [1.54, 1.807) is 6.20 Å². The largest absolute Gasteiger partial charge is 0.356 e. The number of halogens is 1. The standard InChI is InChI=1S/C19H26ClN3O/c1-2-11-22-19(24)10-5-7-16-15-23(13-4-3-9-18(16)20)17-8-6-12-21-14-17/h6,8-9,12,14-15H,2-5,7,10-11,13H2,1H3,(H,22,24). The second-order valence-corrected chi connectivity index (χ2v) is 6.36. The molecule has 0 saturated carbocycles. The van der Waals surface area contributed by atoms with Gasteiger partial charge in [-0.25, -0.2) is 0 Å². The SMILES string of the molecule is CCCNC(=O)CCCC1=CN(c2cccnc2)CCCC=C1Cl. The number of rotatable bonds is 7. The van der Waals surface area contributed by atoms with Crippen molar-refractivity contribution in [3.63, 3.8) is 0 Å². The smallest absolute Gasteiger partial charge is 0.220 e. The average Bonchev–Trinajstić information content (AvgIpc) is 2.60. The predicted octanol–water partition coefficient (Wildman–Crippen LogP) is 4.38. The van der Waals surface area contributed by atoms with Crippen molar-refractivity contribution >= 4 is 23.2 Å². The first kappa shape index (κ1) is 18.5. The van der Waals surface area contributed by atoms with Crippen LogP contribution in [0, 0.1) is 0 Å². The van der Waals surface area contributed by atoms with Crippen LogP contribution in [0.4, 0.5) is 5.69 Å². The van der Waals surface area contributed by atoms with Gasteiger partial charge in [-0.2, -0.15) is 0 Å². The molecule has 130 valence electrons. The summed E-state index contributed by atoms with van der Waals surface area (Å²) < 4.78 is 0. The Hall–Kier alpha value is -1.81. The molecule has 1 aliphatic heterocycles. The third kappa shape index (κ3) is 6.00. The fourth-order valence-electron chi connectivity index (χ4n) is 2.64. The normalized spacial score (nSPS) is 15.2. The first-order valence-electron chi connectivity index (χ1n) is 8.70. The van der Waals surface area contributed by atoms with Crippen molar-refractivity contribution in [2.24, 2.45) is 0 Å². The van der Waals surface area contributed by atoms with Gasteiger partial charge in [0.05, 0.1) is 11.9 Å². The number of allylic oxidation sites excluding steroid dienone is 3. The molecule has 5 heteroatoms. The molecule has 0 aliphatic carbocycles. The van der Waals surface area contributed by atoms with E-state index >= 15 is 0 Å². The topological polar surface area (TPSA) is 45.2 Å². The Morgan fingerprint density at radius 2 is 2.33 bits per heavy atom. The van der Waals surface area contributed by atoms with E-state index in [0.29, 0.717) is 6.42 Å². The minimum Gasteiger partial charge on any atom is -0.356 e. The summed E-state index contributed by atoms with van der Waals surface area (Å²) in [5, 5.41) is 3.72. The number of nitrogens with one attached hydrogen (secondary N) is 1. The van der Waals surface area contributed by atoms with Crippen molar-refractivity contribution < 1.29 is 4.79 Å². The van der Waals surface area contributed by atoms with Crippen molar-refractivity contribution in [1.82, 2.24) is 10.3 Å². The van der Waals surface area contributed by atoms with Gasteiger partial charge in [0.15, 0.2) is 0 Å². The highest BCUT2D eigenvalue weighted by molar-refractivity contribution is 6.32. The average molecular weight is 348 g/mol. The van der Waals surface area contributed by atoms with Crippen LogP contribution in [0.25, 0.3) is 0 Å². The maximum Gasteiger partial charge on any atom is 0.220 e. The molecule has 24 heavy (non-hydrogen) atoms.